The number of benzene rings is 6. The van der Waals surface area contributed by atoms with Crippen LogP contribution in [0.3, 0.4) is 0 Å². The molecule has 3 atom stereocenters. The van der Waals surface area contributed by atoms with Gasteiger partial charge in [-0.05, 0) is 212 Å². The van der Waals surface area contributed by atoms with Gasteiger partial charge in [-0.2, -0.15) is 0 Å². The molecule has 0 amide bonds. The molecule has 0 fully saturated rings. The normalized spacial score (nSPS) is 17.0. The van der Waals surface area contributed by atoms with Gasteiger partial charge in [0.2, 0.25) is 17.1 Å². The van der Waals surface area contributed by atoms with Gasteiger partial charge < -0.3 is 43.2 Å². The summed E-state index contributed by atoms with van der Waals surface area (Å²) in [4.78, 5) is 38.9. The topological polar surface area (TPSA) is 155 Å². The predicted octanol–water partition coefficient (Wildman–Crippen LogP) is 28.2. The van der Waals surface area contributed by atoms with Crippen molar-refractivity contribution >= 4 is 66.2 Å². The molecule has 18 rings (SSSR count). The van der Waals surface area contributed by atoms with E-state index in [0.29, 0.717) is 107 Å². The van der Waals surface area contributed by atoms with Crippen molar-refractivity contribution in [3.05, 3.63) is 340 Å². The molecule has 0 saturated heterocycles. The third kappa shape index (κ3) is 23.3. The van der Waals surface area contributed by atoms with Gasteiger partial charge in [-0.15, -0.1) is 162 Å². The summed E-state index contributed by atoms with van der Waals surface area (Å²) in [7, 11) is 0. The third-order valence-electron chi connectivity index (χ3n) is 18.9. The van der Waals surface area contributed by atoms with E-state index in [1.807, 2.05) is 130 Å². The van der Waals surface area contributed by atoms with Crippen LogP contribution in [-0.2, 0) is 73.1 Å². The van der Waals surface area contributed by atoms with Gasteiger partial charge >= 0.3 is 0 Å². The number of hydrogen-bond donors (Lipinski definition) is 0. The fourth-order valence-electron chi connectivity index (χ4n) is 13.0. The molecule has 0 bridgehead atoms. The molecule has 0 aliphatic heterocycles. The van der Waals surface area contributed by atoms with Crippen LogP contribution < -0.4 is 0 Å². The average Bonchev–Trinajstić information content (AvgIpc) is 1.60. The molecular weight excluding hydrogens is 2050 g/mol. The first kappa shape index (κ1) is 61.3. The van der Waals surface area contributed by atoms with Crippen LogP contribution in [0.4, 0.5) is 0 Å². The second kappa shape index (κ2) is 43.4. The van der Waals surface area contributed by atoms with Gasteiger partial charge in [-0.25, -0.2) is 15.0 Å². The summed E-state index contributed by atoms with van der Waals surface area (Å²) in [5.41, 5.74) is 13.7. The molecule has 123 heavy (non-hydrogen) atoms. The summed E-state index contributed by atoms with van der Waals surface area (Å²) in [6, 6.07) is 75.1. The van der Waals surface area contributed by atoms with Crippen molar-refractivity contribution in [3.63, 3.8) is 0 Å². The van der Waals surface area contributed by atoms with Crippen molar-refractivity contribution in [3.8, 4) is 67.5 Å². The molecule has 18 aromatic rings. The van der Waals surface area contributed by atoms with Crippen LogP contribution in [-0.4, -0.2) is 44.9 Å². The van der Waals surface area contributed by atoms with Crippen molar-refractivity contribution in [1.82, 2.24) is 44.9 Å². The maximum absolute atomic E-state index is 8.49. The Morgan fingerprint density at radius 1 is 0.333 bits per heavy atom. The molecule has 12 heterocycles. The smallest absolute Gasteiger partial charge is 0.216 e. The number of pyridine rings is 9. The van der Waals surface area contributed by atoms with E-state index in [9.17, 15) is 0 Å². The van der Waals surface area contributed by atoms with E-state index < -0.39 is 84.3 Å². The minimum atomic E-state index is -2.75. The first-order chi connectivity index (χ1) is 69.1. The van der Waals surface area contributed by atoms with Gasteiger partial charge in [-0.3, -0.25) is 0 Å². The largest absolute Gasteiger partial charge is 0.486 e. The van der Waals surface area contributed by atoms with Gasteiger partial charge in [0.15, 0.2) is 0 Å². The van der Waals surface area contributed by atoms with E-state index in [1.165, 1.54) is 70.0 Å². The van der Waals surface area contributed by atoms with Crippen LogP contribution in [0, 0.1) is 96.4 Å². The first-order valence-corrected chi connectivity index (χ1v) is 38.7. The first-order valence-electron chi connectivity index (χ1n) is 53.2. The van der Waals surface area contributed by atoms with Crippen LogP contribution >= 0.6 is 0 Å². The SMILES string of the molecule is [2H]C([2H])([2H])C([2H])(C)c1ccnc(-c2[c-]ccc3c2oc2nc(C)ccc23)c1.[2H]C([2H])([2H])C([2H])(C)c1ccnc(-c2[c-]ccc3c2oc2nc(C)ccc23)c1.[2H]C([2H])([2H])c1cnc(-c2[c-]ccc3c2oc2nc(C)ccc23)cc1C([2H])(C)C([2H])([2H])[2H].[2H]C([2H])([2H])c1cnc(-c2[c-]cccc2)cc1C([2H])(C)C.[2H]C([2H])([2H])c1cnc(-c2[c-]cccc2)cc1C([2H])([2H])C(C)C.[2H]C([2H])([2H])c1cnc(-c2[c-]cccc2)cc1C([2H])([2H])C(C)C.[Ir].[Ir].[Ir]. The molecule has 15 heteroatoms. The fourth-order valence-corrected chi connectivity index (χ4v) is 13.0. The minimum Gasteiger partial charge on any atom is -0.486 e. The second-order valence-electron chi connectivity index (χ2n) is 29.1. The fraction of sp³-hybridized carbons (Fsp3) is 0.250. The summed E-state index contributed by atoms with van der Waals surface area (Å²) in [6.07, 6.45) is 4.52. The summed E-state index contributed by atoms with van der Waals surface area (Å²) < 4.78 is 245. The zero-order valence-electron chi connectivity index (χ0n) is 98.3. The Labute approximate surface area is 807 Å². The van der Waals surface area contributed by atoms with Crippen molar-refractivity contribution in [1.29, 1.82) is 0 Å². The van der Waals surface area contributed by atoms with E-state index in [0.717, 1.165) is 61.2 Å². The number of furan rings is 3. The molecule has 0 saturated carbocycles. The molecular formula is C108H105Ir3N9O3-6. The molecule has 12 aromatic heterocycles. The summed E-state index contributed by atoms with van der Waals surface area (Å²) in [5.74, 6) is -7.37. The molecule has 12 nitrogen and oxygen atoms in total. The Kier molecular flexibility index (Phi) is 21.6. The zero-order chi connectivity index (χ0) is 110. The van der Waals surface area contributed by atoms with Crippen molar-refractivity contribution in [2.75, 3.05) is 0 Å². The van der Waals surface area contributed by atoms with Gasteiger partial charge in [0.1, 0.15) is 0 Å². The molecule has 0 aliphatic rings. The molecule has 0 N–H and O–H groups in total. The van der Waals surface area contributed by atoms with E-state index >= 15 is 0 Å². The van der Waals surface area contributed by atoms with E-state index in [4.69, 9.17) is 53.0 Å². The van der Waals surface area contributed by atoms with E-state index in [1.54, 1.807) is 108 Å². The van der Waals surface area contributed by atoms with E-state index in [2.05, 4.69) is 81.3 Å². The average molecular weight is 2180 g/mol. The Bertz CT molecular complexity index is 7570. The van der Waals surface area contributed by atoms with Crippen LogP contribution in [0.15, 0.2) is 245 Å². The number of aromatic nitrogens is 9. The molecule has 0 aliphatic carbocycles. The molecule has 3 unspecified atom stereocenters. The number of nitrogens with zero attached hydrogens (tertiary/aromatic N) is 9. The Balaban J connectivity index is 0.000000186. The standard InChI is InChI=1S/C21H19N2O.2C20H17N2O.2C16H18N.C15H16N.3Ir/c1-12(2)18-10-19(22-11-13(18)3)17-7-5-6-15-16-9-8-14(4)23-21(16)24-20(15)17;2*1-12(2)14-9-10-21-18(11-14)17-6-4-5-15-16-8-7-13(3)22-20(16)23-19(15)17;2*1-12(2)9-15-10-16(17-11-13(15)3)14-7-5-4-6-8-14;1-11(2)14-9-15(16-10-12(14)3)13-7-5-4-6-8-13;;;/h5-6,8-12H,1-4H3;2*4-5,7-12H,1-3H3;2*4-7,10-12H,9H2,1-3H3;4-7,9-11H,1-3H3;;;/q6*-1;;;/i1D3,3D3,12D;2*1D3,12D;2*3D3,9D2;3D3,11D;;;. The van der Waals surface area contributed by atoms with Crippen molar-refractivity contribution in [2.45, 2.75) is 167 Å². The summed E-state index contributed by atoms with van der Waals surface area (Å²) in [5, 5.41) is 5.17. The van der Waals surface area contributed by atoms with Gasteiger partial charge in [0.05, 0.1) is 16.7 Å². The Morgan fingerprint density at radius 2 is 0.667 bits per heavy atom. The van der Waals surface area contributed by atoms with Crippen LogP contribution in [0.5, 0.6) is 0 Å². The zero-order valence-corrected chi connectivity index (χ0v) is 76.5. The Morgan fingerprint density at radius 3 is 1.00 bits per heavy atom. The van der Waals surface area contributed by atoms with Gasteiger partial charge in [0.25, 0.3) is 0 Å². The van der Waals surface area contributed by atoms with Crippen LogP contribution in [0.2, 0.25) is 0 Å². The maximum Gasteiger partial charge on any atom is 0.216 e. The minimum absolute atomic E-state index is 0. The summed E-state index contributed by atoms with van der Waals surface area (Å²) in [6.45, 7) is 2.55. The van der Waals surface area contributed by atoms with Crippen molar-refractivity contribution < 1.29 is 113 Å². The number of hydrogen-bond acceptors (Lipinski definition) is 12. The monoisotopic (exact) mass is 2180 g/mol. The van der Waals surface area contributed by atoms with E-state index in [-0.39, 0.29) is 117 Å². The molecule has 3 radical (unpaired) electrons. The molecule has 6 aromatic carbocycles. The number of aryl methyl sites for hydroxylation is 7. The molecule has 633 valence electrons. The molecule has 0 spiro atoms. The number of rotatable bonds is 14. The quantitative estimate of drug-likeness (QED) is 0.0951. The predicted molar refractivity (Wildman–Crippen MR) is 493 cm³/mol. The number of fused-ring (bicyclic) bond motifs is 9. The second-order valence-corrected chi connectivity index (χ2v) is 29.1. The van der Waals surface area contributed by atoms with Crippen LogP contribution in [0.25, 0.3) is 134 Å². The van der Waals surface area contributed by atoms with Gasteiger partial charge in [0, 0.05) is 170 Å². The maximum atomic E-state index is 8.49. The van der Waals surface area contributed by atoms with Gasteiger partial charge in [-0.1, -0.05) is 174 Å². The van der Waals surface area contributed by atoms with Crippen molar-refractivity contribution in [2.24, 2.45) is 11.8 Å². The van der Waals surface area contributed by atoms with Crippen LogP contribution in [0.1, 0.15) is 219 Å². The Hall–Kier alpha value is -11.0. The summed E-state index contributed by atoms with van der Waals surface area (Å²) >= 11 is 0. The third-order valence-corrected chi connectivity index (χ3v) is 18.9.